The van der Waals surface area contributed by atoms with Crippen molar-refractivity contribution in [2.45, 2.75) is 38.3 Å². The summed E-state index contributed by atoms with van der Waals surface area (Å²) >= 11 is 0. The molecule has 1 N–H and O–H groups in total. The van der Waals surface area contributed by atoms with E-state index in [0.717, 1.165) is 38.2 Å². The highest BCUT2D eigenvalue weighted by Crippen LogP contribution is 2.24. The number of rotatable bonds is 3. The SMILES string of the molecule is C[C@@H]1CCC[C@H]1NC[C@@H]1CN(C)CCO1. The smallest absolute Gasteiger partial charge is 0.0826 e. The first-order chi connectivity index (χ1) is 7.25. The van der Waals surface area contributed by atoms with E-state index in [1.807, 2.05) is 0 Å². The molecular formula is C12H24N2O. The van der Waals surface area contributed by atoms with Crippen LogP contribution in [0.3, 0.4) is 0 Å². The van der Waals surface area contributed by atoms with E-state index in [1.165, 1.54) is 19.3 Å². The van der Waals surface area contributed by atoms with E-state index in [2.05, 4.69) is 24.2 Å². The molecule has 0 radical (unpaired) electrons. The minimum Gasteiger partial charge on any atom is -0.374 e. The summed E-state index contributed by atoms with van der Waals surface area (Å²) in [5.74, 6) is 0.853. The Kier molecular flexibility index (Phi) is 4.00. The first-order valence-corrected chi connectivity index (χ1v) is 6.29. The van der Waals surface area contributed by atoms with E-state index in [-0.39, 0.29) is 0 Å². The summed E-state index contributed by atoms with van der Waals surface area (Å²) in [7, 11) is 2.17. The molecule has 1 heterocycles. The van der Waals surface area contributed by atoms with Crippen molar-refractivity contribution in [2.24, 2.45) is 5.92 Å². The number of nitrogens with zero attached hydrogens (tertiary/aromatic N) is 1. The van der Waals surface area contributed by atoms with Gasteiger partial charge in [0.25, 0.3) is 0 Å². The normalized spacial score (nSPS) is 38.4. The molecule has 0 unspecified atom stereocenters. The molecule has 3 atom stereocenters. The number of hydrogen-bond donors (Lipinski definition) is 1. The van der Waals surface area contributed by atoms with Crippen LogP contribution in [0.15, 0.2) is 0 Å². The summed E-state index contributed by atoms with van der Waals surface area (Å²) in [5.41, 5.74) is 0. The van der Waals surface area contributed by atoms with Crippen molar-refractivity contribution in [3.8, 4) is 0 Å². The van der Waals surface area contributed by atoms with Crippen molar-refractivity contribution in [1.82, 2.24) is 10.2 Å². The predicted molar refractivity (Wildman–Crippen MR) is 62.0 cm³/mol. The van der Waals surface area contributed by atoms with Gasteiger partial charge in [0.2, 0.25) is 0 Å². The van der Waals surface area contributed by atoms with Gasteiger partial charge in [-0.25, -0.2) is 0 Å². The topological polar surface area (TPSA) is 24.5 Å². The minimum atomic E-state index is 0.400. The highest BCUT2D eigenvalue weighted by Gasteiger charge is 2.24. The standard InChI is InChI=1S/C12H24N2O/c1-10-4-3-5-12(10)13-8-11-9-14(2)6-7-15-11/h10-13H,3-9H2,1-2H3/t10-,11-,12-/m1/s1. The molecule has 0 bridgehead atoms. The maximum absolute atomic E-state index is 5.74. The van der Waals surface area contributed by atoms with Gasteiger partial charge in [0.05, 0.1) is 12.7 Å². The number of likely N-dealkylation sites (N-methyl/N-ethyl adjacent to an activating group) is 1. The molecule has 3 heteroatoms. The van der Waals surface area contributed by atoms with Crippen molar-refractivity contribution >= 4 is 0 Å². The first-order valence-electron chi connectivity index (χ1n) is 6.29. The molecule has 1 aliphatic carbocycles. The number of nitrogens with one attached hydrogen (secondary N) is 1. The van der Waals surface area contributed by atoms with E-state index >= 15 is 0 Å². The van der Waals surface area contributed by atoms with E-state index in [0.29, 0.717) is 6.10 Å². The van der Waals surface area contributed by atoms with Gasteiger partial charge in [0, 0.05) is 25.7 Å². The number of hydrogen-bond acceptors (Lipinski definition) is 3. The summed E-state index contributed by atoms with van der Waals surface area (Å²) in [6.45, 7) is 6.44. The van der Waals surface area contributed by atoms with Crippen LogP contribution in [0.5, 0.6) is 0 Å². The summed E-state index contributed by atoms with van der Waals surface area (Å²) in [6.07, 6.45) is 4.54. The predicted octanol–water partition coefficient (Wildman–Crippen LogP) is 1.10. The molecule has 88 valence electrons. The second kappa shape index (κ2) is 5.28. The van der Waals surface area contributed by atoms with Gasteiger partial charge in [-0.1, -0.05) is 13.3 Å². The van der Waals surface area contributed by atoms with Crippen molar-refractivity contribution in [3.05, 3.63) is 0 Å². The van der Waals surface area contributed by atoms with Crippen molar-refractivity contribution in [2.75, 3.05) is 33.3 Å². The van der Waals surface area contributed by atoms with Crippen LogP contribution >= 0.6 is 0 Å². The lowest BCUT2D eigenvalue weighted by Gasteiger charge is -2.31. The van der Waals surface area contributed by atoms with E-state index in [9.17, 15) is 0 Å². The van der Waals surface area contributed by atoms with Crippen LogP contribution in [0.25, 0.3) is 0 Å². The molecule has 2 rings (SSSR count). The van der Waals surface area contributed by atoms with Gasteiger partial charge < -0.3 is 15.0 Å². The van der Waals surface area contributed by atoms with Gasteiger partial charge in [-0.2, -0.15) is 0 Å². The van der Waals surface area contributed by atoms with Crippen molar-refractivity contribution < 1.29 is 4.74 Å². The Balaban J connectivity index is 1.68. The Labute approximate surface area is 93.2 Å². The first kappa shape index (κ1) is 11.4. The maximum Gasteiger partial charge on any atom is 0.0826 e. The average molecular weight is 212 g/mol. The lowest BCUT2D eigenvalue weighted by Crippen LogP contribution is -2.47. The van der Waals surface area contributed by atoms with Gasteiger partial charge in [-0.3, -0.25) is 0 Å². The van der Waals surface area contributed by atoms with Crippen molar-refractivity contribution in [3.63, 3.8) is 0 Å². The molecule has 2 fully saturated rings. The molecule has 0 aromatic rings. The number of ether oxygens (including phenoxy) is 1. The average Bonchev–Trinajstić information content (AvgIpc) is 2.61. The molecule has 0 aromatic carbocycles. The molecule has 1 aliphatic heterocycles. The second-order valence-corrected chi connectivity index (χ2v) is 5.18. The highest BCUT2D eigenvalue weighted by atomic mass is 16.5. The summed E-state index contributed by atoms with van der Waals surface area (Å²) in [5, 5.41) is 3.67. The van der Waals surface area contributed by atoms with Crippen molar-refractivity contribution in [1.29, 1.82) is 0 Å². The fourth-order valence-corrected chi connectivity index (χ4v) is 2.72. The summed E-state index contributed by atoms with van der Waals surface area (Å²) in [4.78, 5) is 2.36. The molecule has 0 amide bonds. The van der Waals surface area contributed by atoms with Crippen LogP contribution in [-0.2, 0) is 4.74 Å². The Bertz CT molecular complexity index is 198. The monoisotopic (exact) mass is 212 g/mol. The van der Waals surface area contributed by atoms with Crippen LogP contribution in [0.4, 0.5) is 0 Å². The second-order valence-electron chi connectivity index (χ2n) is 5.18. The van der Waals surface area contributed by atoms with Gasteiger partial charge in [0.15, 0.2) is 0 Å². The van der Waals surface area contributed by atoms with Gasteiger partial charge in [0.1, 0.15) is 0 Å². The lowest BCUT2D eigenvalue weighted by molar-refractivity contribution is -0.0196. The molecule has 1 saturated heterocycles. The van der Waals surface area contributed by atoms with Crippen LogP contribution in [0.2, 0.25) is 0 Å². The Morgan fingerprint density at radius 2 is 2.27 bits per heavy atom. The zero-order valence-electron chi connectivity index (χ0n) is 10.0. The fraction of sp³-hybridized carbons (Fsp3) is 1.00. The molecule has 0 spiro atoms. The summed E-state index contributed by atoms with van der Waals surface area (Å²) < 4.78 is 5.74. The van der Waals surface area contributed by atoms with E-state index in [4.69, 9.17) is 4.74 Å². The minimum absolute atomic E-state index is 0.400. The molecule has 1 saturated carbocycles. The van der Waals surface area contributed by atoms with E-state index < -0.39 is 0 Å². The van der Waals surface area contributed by atoms with Gasteiger partial charge in [-0.15, -0.1) is 0 Å². The third kappa shape index (κ3) is 3.16. The van der Waals surface area contributed by atoms with Gasteiger partial charge in [-0.05, 0) is 25.8 Å². The highest BCUT2D eigenvalue weighted by molar-refractivity contribution is 4.82. The van der Waals surface area contributed by atoms with Crippen LogP contribution in [0, 0.1) is 5.92 Å². The zero-order valence-corrected chi connectivity index (χ0v) is 10.0. The Morgan fingerprint density at radius 3 is 2.93 bits per heavy atom. The van der Waals surface area contributed by atoms with Crippen LogP contribution < -0.4 is 5.32 Å². The molecule has 2 aliphatic rings. The quantitative estimate of drug-likeness (QED) is 0.758. The zero-order chi connectivity index (χ0) is 10.7. The third-order valence-corrected chi connectivity index (χ3v) is 3.81. The van der Waals surface area contributed by atoms with Crippen LogP contribution in [0.1, 0.15) is 26.2 Å². The fourth-order valence-electron chi connectivity index (χ4n) is 2.72. The molecule has 0 aromatic heterocycles. The molecular weight excluding hydrogens is 188 g/mol. The van der Waals surface area contributed by atoms with Crippen LogP contribution in [-0.4, -0.2) is 50.3 Å². The Hall–Kier alpha value is -0.120. The molecule has 3 nitrogen and oxygen atoms in total. The third-order valence-electron chi connectivity index (χ3n) is 3.81. The molecule has 15 heavy (non-hydrogen) atoms. The Morgan fingerprint density at radius 1 is 1.40 bits per heavy atom. The largest absolute Gasteiger partial charge is 0.374 e. The maximum atomic E-state index is 5.74. The van der Waals surface area contributed by atoms with Gasteiger partial charge >= 0.3 is 0 Å². The summed E-state index contributed by atoms with van der Waals surface area (Å²) in [6, 6.07) is 0.737. The lowest BCUT2D eigenvalue weighted by atomic mass is 10.1. The van der Waals surface area contributed by atoms with E-state index in [1.54, 1.807) is 0 Å². The number of morpholine rings is 1.